The van der Waals surface area contributed by atoms with Crippen LogP contribution in [0.15, 0.2) is 18.3 Å². The molecule has 0 spiro atoms. The third-order valence-corrected chi connectivity index (χ3v) is 3.16. The molecule has 14 heavy (non-hydrogen) atoms. The molecule has 1 aromatic rings. The van der Waals surface area contributed by atoms with E-state index in [0.29, 0.717) is 0 Å². The Hall–Kier alpha value is -1.05. The fraction of sp³-hybridized carbons (Fsp3) is 0.500. The van der Waals surface area contributed by atoms with Crippen LogP contribution in [-0.4, -0.2) is 10.1 Å². The van der Waals surface area contributed by atoms with Gasteiger partial charge in [0, 0.05) is 11.1 Å². The van der Waals surface area contributed by atoms with Crippen molar-refractivity contribution in [2.24, 2.45) is 5.41 Å². The number of hydrogen-bond acceptors (Lipinski definition) is 2. The van der Waals surface area contributed by atoms with Crippen LogP contribution in [0.2, 0.25) is 0 Å². The van der Waals surface area contributed by atoms with Crippen molar-refractivity contribution in [3.63, 3.8) is 0 Å². The van der Waals surface area contributed by atoms with Gasteiger partial charge in [-0.15, -0.1) is 0 Å². The average Bonchev–Trinajstić information content (AvgIpc) is 2.84. The molecule has 1 fully saturated rings. The van der Waals surface area contributed by atoms with Crippen molar-refractivity contribution in [2.45, 2.75) is 32.6 Å². The van der Waals surface area contributed by atoms with Gasteiger partial charge < -0.3 is 5.11 Å². The van der Waals surface area contributed by atoms with E-state index in [1.807, 2.05) is 6.07 Å². The molecule has 0 saturated heterocycles. The Balaban J connectivity index is 2.36. The maximum absolute atomic E-state index is 9.17. The van der Waals surface area contributed by atoms with Crippen LogP contribution in [0.1, 0.15) is 32.9 Å². The molecule has 1 heterocycles. The number of hydrogen-bond donors (Lipinski definition) is 1. The SMILES string of the molecule is CC(C)(C)C1(c2ccc(O)cn2)[CH]C1. The summed E-state index contributed by atoms with van der Waals surface area (Å²) in [6.45, 7) is 6.68. The first-order valence-corrected chi connectivity index (χ1v) is 4.96. The lowest BCUT2D eigenvalue weighted by Crippen LogP contribution is -2.27. The number of nitrogens with zero attached hydrogens (tertiary/aromatic N) is 1. The quantitative estimate of drug-likeness (QED) is 0.738. The smallest absolute Gasteiger partial charge is 0.133 e. The first-order valence-electron chi connectivity index (χ1n) is 4.96. The number of aromatic hydroxyl groups is 1. The molecule has 2 rings (SSSR count). The summed E-state index contributed by atoms with van der Waals surface area (Å²) in [6.07, 6.45) is 4.91. The standard InChI is InChI=1S/C12H16NO/c1-11(2,3)12(6-7-12)10-5-4-9(14)8-13-10/h4-6,8,14H,7H2,1-3H3. The first kappa shape index (κ1) is 9.50. The maximum atomic E-state index is 9.17. The highest BCUT2D eigenvalue weighted by Crippen LogP contribution is 2.58. The number of aromatic nitrogens is 1. The predicted molar refractivity (Wildman–Crippen MR) is 56.0 cm³/mol. The molecular formula is C12H16NO. The van der Waals surface area contributed by atoms with Crippen molar-refractivity contribution in [1.82, 2.24) is 4.98 Å². The molecule has 1 aliphatic carbocycles. The highest BCUT2D eigenvalue weighted by molar-refractivity contribution is 5.38. The van der Waals surface area contributed by atoms with Gasteiger partial charge in [0.15, 0.2) is 0 Å². The lowest BCUT2D eigenvalue weighted by Gasteiger charge is -2.30. The summed E-state index contributed by atoms with van der Waals surface area (Å²) in [5, 5.41) is 9.17. The normalized spacial score (nSPS) is 19.4. The molecule has 1 N–H and O–H groups in total. The molecule has 0 amide bonds. The predicted octanol–water partition coefficient (Wildman–Crippen LogP) is 2.68. The lowest BCUT2D eigenvalue weighted by atomic mass is 9.75. The molecule has 1 atom stereocenters. The summed E-state index contributed by atoms with van der Waals surface area (Å²) in [5.74, 6) is 0.235. The Morgan fingerprint density at radius 1 is 1.36 bits per heavy atom. The highest BCUT2D eigenvalue weighted by atomic mass is 16.3. The minimum absolute atomic E-state index is 0.126. The van der Waals surface area contributed by atoms with Crippen LogP contribution in [-0.2, 0) is 5.41 Å². The van der Waals surface area contributed by atoms with E-state index >= 15 is 0 Å². The zero-order valence-corrected chi connectivity index (χ0v) is 8.91. The summed E-state index contributed by atoms with van der Waals surface area (Å²) >= 11 is 0. The van der Waals surface area contributed by atoms with E-state index < -0.39 is 0 Å². The van der Waals surface area contributed by atoms with E-state index in [-0.39, 0.29) is 16.6 Å². The van der Waals surface area contributed by atoms with E-state index in [1.54, 1.807) is 6.07 Å². The Kier molecular flexibility index (Phi) is 1.85. The second-order valence-electron chi connectivity index (χ2n) is 5.03. The lowest BCUT2D eigenvalue weighted by molar-refractivity contribution is 0.305. The molecule has 1 aliphatic rings. The summed E-state index contributed by atoms with van der Waals surface area (Å²) in [7, 11) is 0. The van der Waals surface area contributed by atoms with Gasteiger partial charge in [-0.3, -0.25) is 4.98 Å². The molecule has 2 nitrogen and oxygen atoms in total. The van der Waals surface area contributed by atoms with E-state index in [1.165, 1.54) is 6.20 Å². The van der Waals surface area contributed by atoms with Crippen LogP contribution in [0.25, 0.3) is 0 Å². The van der Waals surface area contributed by atoms with Gasteiger partial charge in [0.2, 0.25) is 0 Å². The van der Waals surface area contributed by atoms with Crippen molar-refractivity contribution in [3.05, 3.63) is 30.4 Å². The zero-order chi connectivity index (χ0) is 10.4. The van der Waals surface area contributed by atoms with Crippen molar-refractivity contribution in [2.75, 3.05) is 0 Å². The molecule has 75 valence electrons. The maximum Gasteiger partial charge on any atom is 0.133 e. The number of pyridine rings is 1. The largest absolute Gasteiger partial charge is 0.506 e. The molecule has 1 saturated carbocycles. The Bertz CT molecular complexity index is 330. The Morgan fingerprint density at radius 3 is 2.36 bits per heavy atom. The van der Waals surface area contributed by atoms with Crippen LogP contribution in [0.5, 0.6) is 5.75 Å². The monoisotopic (exact) mass is 190 g/mol. The topological polar surface area (TPSA) is 33.1 Å². The Morgan fingerprint density at radius 2 is 2.00 bits per heavy atom. The van der Waals surface area contributed by atoms with E-state index in [0.717, 1.165) is 12.1 Å². The van der Waals surface area contributed by atoms with E-state index in [9.17, 15) is 5.11 Å². The van der Waals surface area contributed by atoms with Gasteiger partial charge >= 0.3 is 0 Å². The van der Waals surface area contributed by atoms with Crippen molar-refractivity contribution < 1.29 is 5.11 Å². The van der Waals surface area contributed by atoms with Crippen molar-refractivity contribution in [1.29, 1.82) is 0 Å². The summed E-state index contributed by atoms with van der Waals surface area (Å²) < 4.78 is 0. The van der Waals surface area contributed by atoms with Crippen LogP contribution < -0.4 is 0 Å². The fourth-order valence-corrected chi connectivity index (χ4v) is 1.96. The van der Waals surface area contributed by atoms with Gasteiger partial charge in [-0.2, -0.15) is 0 Å². The average molecular weight is 190 g/mol. The number of rotatable bonds is 1. The fourth-order valence-electron chi connectivity index (χ4n) is 1.96. The zero-order valence-electron chi connectivity index (χ0n) is 8.91. The molecule has 1 radical (unpaired) electrons. The van der Waals surface area contributed by atoms with Crippen molar-refractivity contribution in [3.8, 4) is 5.75 Å². The third kappa shape index (κ3) is 1.29. The van der Waals surface area contributed by atoms with Gasteiger partial charge in [-0.05, 0) is 30.4 Å². The Labute approximate surface area is 85.0 Å². The molecule has 0 aromatic carbocycles. The molecular weight excluding hydrogens is 174 g/mol. The van der Waals surface area contributed by atoms with Gasteiger partial charge in [0.05, 0.1) is 6.20 Å². The van der Waals surface area contributed by atoms with E-state index in [2.05, 4.69) is 32.2 Å². The van der Waals surface area contributed by atoms with Crippen LogP contribution in [0.4, 0.5) is 0 Å². The summed E-state index contributed by atoms with van der Waals surface area (Å²) in [6, 6.07) is 3.63. The van der Waals surface area contributed by atoms with Gasteiger partial charge in [0.25, 0.3) is 0 Å². The third-order valence-electron chi connectivity index (χ3n) is 3.16. The summed E-state index contributed by atoms with van der Waals surface area (Å²) in [4.78, 5) is 4.30. The van der Waals surface area contributed by atoms with Crippen LogP contribution in [0.3, 0.4) is 0 Å². The van der Waals surface area contributed by atoms with Crippen LogP contribution in [0, 0.1) is 11.8 Å². The van der Waals surface area contributed by atoms with Gasteiger partial charge in [-0.25, -0.2) is 0 Å². The van der Waals surface area contributed by atoms with Crippen LogP contribution >= 0.6 is 0 Å². The molecule has 0 aliphatic heterocycles. The van der Waals surface area contributed by atoms with Crippen molar-refractivity contribution >= 4 is 0 Å². The molecule has 2 heteroatoms. The van der Waals surface area contributed by atoms with E-state index in [4.69, 9.17) is 0 Å². The van der Waals surface area contributed by atoms with Gasteiger partial charge in [0.1, 0.15) is 5.75 Å². The second kappa shape index (κ2) is 2.72. The molecule has 0 bridgehead atoms. The molecule has 1 aromatic heterocycles. The minimum atomic E-state index is 0.126. The molecule has 1 unspecified atom stereocenters. The first-order chi connectivity index (χ1) is 6.46. The van der Waals surface area contributed by atoms with Gasteiger partial charge in [-0.1, -0.05) is 20.8 Å². The summed E-state index contributed by atoms with van der Waals surface area (Å²) in [5.41, 5.74) is 1.40. The second-order valence-corrected chi connectivity index (χ2v) is 5.03. The minimum Gasteiger partial charge on any atom is -0.506 e. The highest BCUT2D eigenvalue weighted by Gasteiger charge is 2.54.